The molecule has 3 heterocycles. The third-order valence-electron chi connectivity index (χ3n) is 6.28. The van der Waals surface area contributed by atoms with Gasteiger partial charge < -0.3 is 4.74 Å². The Morgan fingerprint density at radius 2 is 1.66 bits per heavy atom. The summed E-state index contributed by atoms with van der Waals surface area (Å²) in [5.41, 5.74) is 5.59. The lowest BCUT2D eigenvalue weighted by atomic mass is 9.80. The SMILES string of the molecule is CCOC(=O)C(C)(Cc1ccccc1)c1ccnc2c(-c3ccc(-c4cccnc4)cc3)cnn12. The summed E-state index contributed by atoms with van der Waals surface area (Å²) in [5.74, 6) is -0.283. The molecule has 0 saturated heterocycles. The van der Waals surface area contributed by atoms with Crippen LogP contribution in [0.1, 0.15) is 25.1 Å². The van der Waals surface area contributed by atoms with Crippen LogP contribution in [-0.2, 0) is 21.4 Å². The highest BCUT2D eigenvalue weighted by Gasteiger charge is 2.39. The van der Waals surface area contributed by atoms with Crippen LogP contribution in [0.2, 0.25) is 0 Å². The predicted octanol–water partition coefficient (Wildman–Crippen LogP) is 5.52. The molecule has 0 aliphatic carbocycles. The number of hydrogen-bond donors (Lipinski definition) is 0. The normalized spacial score (nSPS) is 12.9. The summed E-state index contributed by atoms with van der Waals surface area (Å²) in [6, 6.07) is 24.0. The maximum absolute atomic E-state index is 13.3. The molecule has 2 aromatic carbocycles. The molecular formula is C29H26N4O2. The van der Waals surface area contributed by atoms with Crippen LogP contribution < -0.4 is 0 Å². The van der Waals surface area contributed by atoms with Crippen molar-refractivity contribution in [2.45, 2.75) is 25.7 Å². The van der Waals surface area contributed by atoms with Crippen LogP contribution in [-0.4, -0.2) is 32.2 Å². The first-order valence-electron chi connectivity index (χ1n) is 11.7. The topological polar surface area (TPSA) is 69.4 Å². The Hall–Kier alpha value is -4.32. The summed E-state index contributed by atoms with van der Waals surface area (Å²) < 4.78 is 7.29. The van der Waals surface area contributed by atoms with E-state index in [1.807, 2.05) is 68.6 Å². The summed E-state index contributed by atoms with van der Waals surface area (Å²) in [7, 11) is 0. The maximum Gasteiger partial charge on any atom is 0.318 e. The van der Waals surface area contributed by atoms with Gasteiger partial charge in [-0.3, -0.25) is 9.78 Å². The minimum absolute atomic E-state index is 0.283. The zero-order valence-electron chi connectivity index (χ0n) is 19.8. The third-order valence-corrected chi connectivity index (χ3v) is 6.28. The van der Waals surface area contributed by atoms with Gasteiger partial charge in [0, 0.05) is 24.2 Å². The molecule has 0 aliphatic heterocycles. The Labute approximate surface area is 204 Å². The number of nitrogens with zero attached hydrogens (tertiary/aromatic N) is 4. The van der Waals surface area contributed by atoms with Gasteiger partial charge in [0.05, 0.1) is 18.5 Å². The monoisotopic (exact) mass is 462 g/mol. The number of rotatable bonds is 7. The Balaban J connectivity index is 1.57. The molecule has 6 nitrogen and oxygen atoms in total. The van der Waals surface area contributed by atoms with Gasteiger partial charge in [-0.1, -0.05) is 60.7 Å². The van der Waals surface area contributed by atoms with Crippen molar-refractivity contribution in [2.24, 2.45) is 0 Å². The number of esters is 1. The fourth-order valence-electron chi connectivity index (χ4n) is 4.45. The van der Waals surface area contributed by atoms with Crippen LogP contribution >= 0.6 is 0 Å². The minimum Gasteiger partial charge on any atom is -0.465 e. The van der Waals surface area contributed by atoms with Crippen LogP contribution in [0.5, 0.6) is 0 Å². The van der Waals surface area contributed by atoms with Gasteiger partial charge in [-0.05, 0) is 54.7 Å². The van der Waals surface area contributed by atoms with Crippen molar-refractivity contribution < 1.29 is 9.53 Å². The number of hydrogen-bond acceptors (Lipinski definition) is 5. The maximum atomic E-state index is 13.3. The van der Waals surface area contributed by atoms with E-state index in [2.05, 4.69) is 39.3 Å². The summed E-state index contributed by atoms with van der Waals surface area (Å²) in [4.78, 5) is 22.1. The molecule has 174 valence electrons. The number of carbonyl (C=O) groups excluding carboxylic acids is 1. The van der Waals surface area contributed by atoms with E-state index in [9.17, 15) is 4.79 Å². The summed E-state index contributed by atoms with van der Waals surface area (Å²) in [5, 5.41) is 4.66. The minimum atomic E-state index is -0.938. The van der Waals surface area contributed by atoms with Crippen molar-refractivity contribution in [1.29, 1.82) is 0 Å². The first kappa shape index (κ1) is 22.5. The zero-order valence-corrected chi connectivity index (χ0v) is 19.8. The van der Waals surface area contributed by atoms with Crippen LogP contribution in [0.3, 0.4) is 0 Å². The Kier molecular flexibility index (Phi) is 6.10. The first-order valence-corrected chi connectivity index (χ1v) is 11.7. The van der Waals surface area contributed by atoms with E-state index < -0.39 is 5.41 Å². The molecule has 6 heteroatoms. The lowest BCUT2D eigenvalue weighted by Crippen LogP contribution is -2.38. The van der Waals surface area contributed by atoms with Gasteiger partial charge in [-0.25, -0.2) is 9.50 Å². The molecule has 5 rings (SSSR count). The van der Waals surface area contributed by atoms with E-state index in [-0.39, 0.29) is 5.97 Å². The summed E-state index contributed by atoms with van der Waals surface area (Å²) in [6.45, 7) is 4.05. The molecule has 3 aromatic heterocycles. The molecule has 0 saturated carbocycles. The lowest BCUT2D eigenvalue weighted by molar-refractivity contribution is -0.149. The lowest BCUT2D eigenvalue weighted by Gasteiger charge is -2.28. The van der Waals surface area contributed by atoms with Gasteiger partial charge in [-0.15, -0.1) is 0 Å². The molecule has 0 amide bonds. The van der Waals surface area contributed by atoms with Crippen LogP contribution in [0.25, 0.3) is 27.9 Å². The highest BCUT2D eigenvalue weighted by Crippen LogP contribution is 2.33. The average Bonchev–Trinajstić information content (AvgIpc) is 3.34. The Morgan fingerprint density at radius 3 is 2.37 bits per heavy atom. The molecular weight excluding hydrogens is 436 g/mol. The van der Waals surface area contributed by atoms with Crippen molar-refractivity contribution in [3.63, 3.8) is 0 Å². The molecule has 5 aromatic rings. The number of pyridine rings is 1. The van der Waals surface area contributed by atoms with Gasteiger partial charge in [-0.2, -0.15) is 5.10 Å². The molecule has 0 aliphatic rings. The van der Waals surface area contributed by atoms with E-state index in [1.54, 1.807) is 23.1 Å². The number of carbonyl (C=O) groups is 1. The first-order chi connectivity index (χ1) is 17.1. The quantitative estimate of drug-likeness (QED) is 0.298. The van der Waals surface area contributed by atoms with E-state index in [0.29, 0.717) is 18.7 Å². The molecule has 0 N–H and O–H groups in total. The Bertz CT molecular complexity index is 1450. The fourth-order valence-corrected chi connectivity index (χ4v) is 4.45. The van der Waals surface area contributed by atoms with Crippen molar-refractivity contribution in [3.05, 3.63) is 109 Å². The highest BCUT2D eigenvalue weighted by molar-refractivity contribution is 5.84. The largest absolute Gasteiger partial charge is 0.465 e. The van der Waals surface area contributed by atoms with Crippen molar-refractivity contribution in [1.82, 2.24) is 19.6 Å². The van der Waals surface area contributed by atoms with Crippen LogP contribution in [0.4, 0.5) is 0 Å². The molecule has 35 heavy (non-hydrogen) atoms. The van der Waals surface area contributed by atoms with E-state index in [0.717, 1.165) is 33.5 Å². The third kappa shape index (κ3) is 4.30. The second-order valence-corrected chi connectivity index (χ2v) is 8.66. The standard InChI is InChI=1S/C29H26N4O2/c1-3-35-28(34)29(2,18-21-8-5-4-6-9-21)26-15-17-31-27-25(20-32-33(26)27)23-13-11-22(12-14-23)24-10-7-16-30-19-24/h4-17,19-20H,3,18H2,1-2H3. The molecule has 0 fully saturated rings. The van der Waals surface area contributed by atoms with E-state index in [4.69, 9.17) is 4.74 Å². The second-order valence-electron chi connectivity index (χ2n) is 8.66. The highest BCUT2D eigenvalue weighted by atomic mass is 16.5. The van der Waals surface area contributed by atoms with E-state index >= 15 is 0 Å². The van der Waals surface area contributed by atoms with Gasteiger partial charge in [0.15, 0.2) is 5.65 Å². The molecule has 1 atom stereocenters. The van der Waals surface area contributed by atoms with Gasteiger partial charge in [0.25, 0.3) is 0 Å². The van der Waals surface area contributed by atoms with Crippen molar-refractivity contribution in [3.8, 4) is 22.3 Å². The van der Waals surface area contributed by atoms with Crippen LogP contribution in [0, 0.1) is 0 Å². The number of fused-ring (bicyclic) bond motifs is 1. The second kappa shape index (κ2) is 9.50. The Morgan fingerprint density at radius 1 is 0.886 bits per heavy atom. The number of benzene rings is 2. The number of aromatic nitrogens is 4. The molecule has 0 radical (unpaired) electrons. The summed E-state index contributed by atoms with van der Waals surface area (Å²) in [6.07, 6.45) is 7.64. The van der Waals surface area contributed by atoms with Gasteiger partial charge in [0.2, 0.25) is 0 Å². The van der Waals surface area contributed by atoms with Gasteiger partial charge >= 0.3 is 5.97 Å². The van der Waals surface area contributed by atoms with Crippen LogP contribution in [0.15, 0.2) is 97.6 Å². The fraction of sp³-hybridized carbons (Fsp3) is 0.172. The van der Waals surface area contributed by atoms with Gasteiger partial charge in [0.1, 0.15) is 5.41 Å². The average molecular weight is 463 g/mol. The smallest absolute Gasteiger partial charge is 0.318 e. The van der Waals surface area contributed by atoms with Crippen molar-refractivity contribution in [2.75, 3.05) is 6.61 Å². The summed E-state index contributed by atoms with van der Waals surface area (Å²) >= 11 is 0. The predicted molar refractivity (Wildman–Crippen MR) is 136 cm³/mol. The number of ether oxygens (including phenoxy) is 1. The van der Waals surface area contributed by atoms with E-state index in [1.165, 1.54) is 0 Å². The molecule has 0 bridgehead atoms. The zero-order chi connectivity index (χ0) is 24.3. The molecule has 0 spiro atoms. The molecule has 1 unspecified atom stereocenters. The van der Waals surface area contributed by atoms with Crippen molar-refractivity contribution >= 4 is 11.6 Å².